The number of rotatable bonds is 5. The zero-order valence-corrected chi connectivity index (χ0v) is 14.3. The number of hydrogen-bond donors (Lipinski definition) is 1. The van der Waals surface area contributed by atoms with Crippen LogP contribution in [0.1, 0.15) is 18.1 Å². The Balaban J connectivity index is 1.61. The van der Waals surface area contributed by atoms with E-state index in [-0.39, 0.29) is 0 Å². The fraction of sp³-hybridized carbons (Fsp3) is 0.136. The van der Waals surface area contributed by atoms with Gasteiger partial charge >= 0.3 is 0 Å². The van der Waals surface area contributed by atoms with E-state index in [0.717, 1.165) is 18.7 Å². The predicted molar refractivity (Wildman–Crippen MR) is 106 cm³/mol. The van der Waals surface area contributed by atoms with Crippen LogP contribution in [0.25, 0.3) is 21.8 Å². The van der Waals surface area contributed by atoms with E-state index in [4.69, 9.17) is 0 Å². The van der Waals surface area contributed by atoms with E-state index in [1.165, 1.54) is 27.4 Å². The second kappa shape index (κ2) is 6.81. The van der Waals surface area contributed by atoms with Gasteiger partial charge in [0, 0.05) is 28.4 Å². The summed E-state index contributed by atoms with van der Waals surface area (Å²) in [5.74, 6) is 0. The molecular weight excluding hydrogens is 306 g/mol. The van der Waals surface area contributed by atoms with Crippen molar-refractivity contribution in [3.05, 3.63) is 83.9 Å². The molecule has 4 aromatic rings. The maximum absolute atomic E-state index is 4.37. The number of hydrazone groups is 1. The molecule has 0 bridgehead atoms. The van der Waals surface area contributed by atoms with Crippen LogP contribution in [0.5, 0.6) is 0 Å². The molecule has 0 aliphatic carbocycles. The highest BCUT2D eigenvalue weighted by atomic mass is 15.3. The number of hydrogen-bond acceptors (Lipinski definition) is 2. The number of nitrogens with one attached hydrogen (secondary N) is 1. The lowest BCUT2D eigenvalue weighted by atomic mass is 10.1. The van der Waals surface area contributed by atoms with Crippen LogP contribution in [0, 0.1) is 0 Å². The molecule has 3 nitrogen and oxygen atoms in total. The van der Waals surface area contributed by atoms with Crippen molar-refractivity contribution in [1.82, 2.24) is 9.99 Å². The van der Waals surface area contributed by atoms with E-state index >= 15 is 0 Å². The van der Waals surface area contributed by atoms with Crippen LogP contribution < -0.4 is 5.43 Å². The Labute approximate surface area is 147 Å². The van der Waals surface area contributed by atoms with Gasteiger partial charge in [0.15, 0.2) is 0 Å². The lowest BCUT2D eigenvalue weighted by Crippen LogP contribution is -2.05. The van der Waals surface area contributed by atoms with Gasteiger partial charge in [0.1, 0.15) is 0 Å². The topological polar surface area (TPSA) is 29.3 Å². The molecular formula is C22H21N3. The number of aryl methyl sites for hydroxylation is 1. The molecule has 0 unspecified atom stereocenters. The van der Waals surface area contributed by atoms with E-state index in [0.29, 0.717) is 0 Å². The van der Waals surface area contributed by atoms with Crippen molar-refractivity contribution < 1.29 is 0 Å². The second-order valence-corrected chi connectivity index (χ2v) is 6.12. The molecule has 0 atom stereocenters. The number of aromatic nitrogens is 1. The quantitative estimate of drug-likeness (QED) is 0.408. The first-order valence-electron chi connectivity index (χ1n) is 8.67. The normalized spacial score (nSPS) is 11.6. The van der Waals surface area contributed by atoms with Gasteiger partial charge in [-0.1, -0.05) is 54.6 Å². The van der Waals surface area contributed by atoms with Crippen molar-refractivity contribution in [2.45, 2.75) is 20.0 Å². The first-order chi connectivity index (χ1) is 12.4. The van der Waals surface area contributed by atoms with E-state index in [1.807, 2.05) is 24.4 Å². The molecule has 1 heterocycles. The van der Waals surface area contributed by atoms with Crippen molar-refractivity contribution in [3.63, 3.8) is 0 Å². The van der Waals surface area contributed by atoms with Gasteiger partial charge in [0.2, 0.25) is 0 Å². The second-order valence-electron chi connectivity index (χ2n) is 6.12. The third-order valence-electron chi connectivity index (χ3n) is 4.54. The molecule has 0 saturated heterocycles. The molecule has 4 rings (SSSR count). The summed E-state index contributed by atoms with van der Waals surface area (Å²) in [5, 5.41) is 6.95. The molecule has 1 N–H and O–H groups in total. The van der Waals surface area contributed by atoms with E-state index in [9.17, 15) is 0 Å². The highest BCUT2D eigenvalue weighted by Crippen LogP contribution is 2.29. The van der Waals surface area contributed by atoms with Crippen molar-refractivity contribution in [2.75, 3.05) is 0 Å². The Bertz CT molecular complexity index is 1030. The average molecular weight is 327 g/mol. The molecule has 0 fully saturated rings. The van der Waals surface area contributed by atoms with Crippen LogP contribution in [0.3, 0.4) is 0 Å². The predicted octanol–water partition coefficient (Wildman–Crippen LogP) is 4.94. The minimum Gasteiger partial charge on any atom is -0.341 e. The molecule has 0 radical (unpaired) electrons. The van der Waals surface area contributed by atoms with Gasteiger partial charge in [-0.15, -0.1) is 0 Å². The highest BCUT2D eigenvalue weighted by molar-refractivity contribution is 6.09. The first kappa shape index (κ1) is 15.5. The summed E-state index contributed by atoms with van der Waals surface area (Å²) >= 11 is 0. The van der Waals surface area contributed by atoms with Gasteiger partial charge in [0.05, 0.1) is 12.8 Å². The molecule has 25 heavy (non-hydrogen) atoms. The molecule has 0 aliphatic heterocycles. The van der Waals surface area contributed by atoms with Crippen LogP contribution in [0.4, 0.5) is 0 Å². The van der Waals surface area contributed by atoms with E-state index < -0.39 is 0 Å². The third kappa shape index (κ3) is 3.01. The molecule has 1 aromatic heterocycles. The standard InChI is InChI=1S/C22H21N3/c1-2-25-21-11-7-6-10-19(21)20-14-18(12-13-22(20)25)16-24-23-15-17-8-4-3-5-9-17/h3-14,16,23H,2,15H2,1H3. The number of benzene rings is 3. The monoisotopic (exact) mass is 327 g/mol. The van der Waals surface area contributed by atoms with Crippen LogP contribution in [0.2, 0.25) is 0 Å². The first-order valence-corrected chi connectivity index (χ1v) is 8.67. The highest BCUT2D eigenvalue weighted by Gasteiger charge is 2.08. The molecule has 3 heteroatoms. The summed E-state index contributed by atoms with van der Waals surface area (Å²) in [4.78, 5) is 0. The Kier molecular flexibility index (Phi) is 4.21. The molecule has 0 saturated carbocycles. The van der Waals surface area contributed by atoms with Gasteiger partial charge in [-0.25, -0.2) is 0 Å². The zero-order chi connectivity index (χ0) is 17.1. The van der Waals surface area contributed by atoms with Gasteiger partial charge in [-0.3, -0.25) is 0 Å². The largest absolute Gasteiger partial charge is 0.341 e. The molecule has 0 amide bonds. The fourth-order valence-electron chi connectivity index (χ4n) is 3.35. The van der Waals surface area contributed by atoms with Crippen LogP contribution in [-0.4, -0.2) is 10.8 Å². The maximum Gasteiger partial charge on any atom is 0.0580 e. The SMILES string of the molecule is CCn1c2ccccc2c2cc(C=NNCc3ccccc3)ccc21. The minimum absolute atomic E-state index is 0.731. The minimum atomic E-state index is 0.731. The maximum atomic E-state index is 4.37. The molecule has 0 aliphatic rings. The number of fused-ring (bicyclic) bond motifs is 3. The Morgan fingerprint density at radius 2 is 1.64 bits per heavy atom. The number of para-hydroxylation sites is 1. The summed E-state index contributed by atoms with van der Waals surface area (Å²) in [7, 11) is 0. The van der Waals surface area contributed by atoms with Gasteiger partial charge in [-0.2, -0.15) is 5.10 Å². The van der Waals surface area contributed by atoms with Crippen molar-refractivity contribution in [1.29, 1.82) is 0 Å². The Hall–Kier alpha value is -3.07. The van der Waals surface area contributed by atoms with Crippen molar-refractivity contribution >= 4 is 28.0 Å². The van der Waals surface area contributed by atoms with E-state index in [1.54, 1.807) is 0 Å². The molecule has 124 valence electrons. The molecule has 3 aromatic carbocycles. The summed E-state index contributed by atoms with van der Waals surface area (Å²) < 4.78 is 2.36. The lowest BCUT2D eigenvalue weighted by Gasteiger charge is -2.03. The average Bonchev–Trinajstić information content (AvgIpc) is 2.99. The third-order valence-corrected chi connectivity index (χ3v) is 4.54. The van der Waals surface area contributed by atoms with Gasteiger partial charge < -0.3 is 9.99 Å². The van der Waals surface area contributed by atoms with Crippen LogP contribution >= 0.6 is 0 Å². The summed E-state index contributed by atoms with van der Waals surface area (Å²) in [6, 6.07) is 25.4. The van der Waals surface area contributed by atoms with Crippen LogP contribution in [0.15, 0.2) is 77.9 Å². The fourth-order valence-corrected chi connectivity index (χ4v) is 3.35. The van der Waals surface area contributed by atoms with Gasteiger partial charge in [0.25, 0.3) is 0 Å². The Morgan fingerprint density at radius 1 is 0.880 bits per heavy atom. The summed E-state index contributed by atoms with van der Waals surface area (Å²) in [6.45, 7) is 3.89. The zero-order valence-electron chi connectivity index (χ0n) is 14.3. The van der Waals surface area contributed by atoms with E-state index in [2.05, 4.69) is 76.6 Å². The summed E-state index contributed by atoms with van der Waals surface area (Å²) in [6.07, 6.45) is 1.89. The van der Waals surface area contributed by atoms with Crippen LogP contribution in [-0.2, 0) is 13.1 Å². The summed E-state index contributed by atoms with van der Waals surface area (Å²) in [5.41, 5.74) is 8.01. The van der Waals surface area contributed by atoms with Gasteiger partial charge in [-0.05, 0) is 36.2 Å². The van der Waals surface area contributed by atoms with Crippen molar-refractivity contribution in [3.8, 4) is 0 Å². The Morgan fingerprint density at radius 3 is 2.48 bits per heavy atom. The number of nitrogens with zero attached hydrogens (tertiary/aromatic N) is 2. The van der Waals surface area contributed by atoms with Crippen molar-refractivity contribution in [2.24, 2.45) is 5.10 Å². The molecule has 0 spiro atoms. The lowest BCUT2D eigenvalue weighted by molar-refractivity contribution is 0.748. The smallest absolute Gasteiger partial charge is 0.0580 e.